The number of carbonyl (C=O) groups is 2. The third-order valence-electron chi connectivity index (χ3n) is 3.90. The van der Waals surface area contributed by atoms with E-state index in [4.69, 9.17) is 10.3 Å². The monoisotopic (exact) mass is 330 g/mol. The summed E-state index contributed by atoms with van der Waals surface area (Å²) in [5, 5.41) is 6.51. The summed E-state index contributed by atoms with van der Waals surface area (Å²) >= 11 is 0. The maximum Gasteiger partial charge on any atom is 0.312 e. The van der Waals surface area contributed by atoms with Gasteiger partial charge in [-0.05, 0) is 19.4 Å². The fraction of sp³-hybridized carbons (Fsp3) is 0.353. The van der Waals surface area contributed by atoms with E-state index in [2.05, 4.69) is 10.5 Å². The van der Waals surface area contributed by atoms with Gasteiger partial charge in [0.1, 0.15) is 5.76 Å². The Hall–Kier alpha value is -2.83. The highest BCUT2D eigenvalue weighted by molar-refractivity contribution is 5.78. The van der Waals surface area contributed by atoms with Gasteiger partial charge in [-0.2, -0.15) is 0 Å². The van der Waals surface area contributed by atoms with Gasteiger partial charge in [-0.25, -0.2) is 4.79 Å². The molecule has 3 amide bonds. The van der Waals surface area contributed by atoms with E-state index in [9.17, 15) is 9.59 Å². The fourth-order valence-corrected chi connectivity index (χ4v) is 2.49. The molecule has 2 rings (SSSR count). The van der Waals surface area contributed by atoms with E-state index in [1.807, 2.05) is 44.2 Å². The van der Waals surface area contributed by atoms with Crippen molar-refractivity contribution in [3.63, 3.8) is 0 Å². The molecule has 0 spiro atoms. The number of benzene rings is 1. The number of rotatable bonds is 6. The van der Waals surface area contributed by atoms with Crippen LogP contribution in [0, 0.1) is 13.8 Å². The summed E-state index contributed by atoms with van der Waals surface area (Å²) in [7, 11) is 1.71. The van der Waals surface area contributed by atoms with E-state index in [0.717, 1.165) is 16.8 Å². The molecule has 0 bridgehead atoms. The first-order chi connectivity index (χ1) is 11.4. The van der Waals surface area contributed by atoms with Crippen LogP contribution >= 0.6 is 0 Å². The van der Waals surface area contributed by atoms with Crippen molar-refractivity contribution in [1.29, 1.82) is 0 Å². The molecule has 1 aromatic heterocycles. The van der Waals surface area contributed by atoms with E-state index >= 15 is 0 Å². The second-order valence-electron chi connectivity index (χ2n) is 5.73. The maximum atomic E-state index is 12.5. The SMILES string of the molecule is Cc1noc(C)c1CN(C)C(=O)C[C@H](NC(N)=O)c1ccccc1. The maximum absolute atomic E-state index is 12.5. The topological polar surface area (TPSA) is 101 Å². The van der Waals surface area contributed by atoms with Crippen LogP contribution in [-0.4, -0.2) is 29.0 Å². The molecule has 0 saturated heterocycles. The lowest BCUT2D eigenvalue weighted by Crippen LogP contribution is -2.37. The van der Waals surface area contributed by atoms with Crippen LogP contribution in [0.5, 0.6) is 0 Å². The Bertz CT molecular complexity index is 692. The first-order valence-electron chi connectivity index (χ1n) is 7.65. The quantitative estimate of drug-likeness (QED) is 0.846. The zero-order valence-electron chi connectivity index (χ0n) is 14.1. The van der Waals surface area contributed by atoms with E-state index in [-0.39, 0.29) is 12.3 Å². The lowest BCUT2D eigenvalue weighted by atomic mass is 10.0. The molecule has 7 heteroatoms. The van der Waals surface area contributed by atoms with Gasteiger partial charge in [0, 0.05) is 12.6 Å². The smallest absolute Gasteiger partial charge is 0.312 e. The zero-order valence-corrected chi connectivity index (χ0v) is 14.1. The van der Waals surface area contributed by atoms with Crippen molar-refractivity contribution < 1.29 is 14.1 Å². The summed E-state index contributed by atoms with van der Waals surface area (Å²) in [5.41, 5.74) is 7.72. The van der Waals surface area contributed by atoms with Crippen molar-refractivity contribution >= 4 is 11.9 Å². The van der Waals surface area contributed by atoms with Gasteiger partial charge >= 0.3 is 6.03 Å². The first kappa shape index (κ1) is 17.5. The van der Waals surface area contributed by atoms with Crippen LogP contribution in [0.25, 0.3) is 0 Å². The van der Waals surface area contributed by atoms with Gasteiger partial charge in [-0.1, -0.05) is 35.5 Å². The van der Waals surface area contributed by atoms with Crippen LogP contribution in [0.4, 0.5) is 4.79 Å². The Morgan fingerprint density at radius 3 is 2.50 bits per heavy atom. The van der Waals surface area contributed by atoms with E-state index in [0.29, 0.717) is 12.3 Å². The van der Waals surface area contributed by atoms with Gasteiger partial charge in [0.15, 0.2) is 0 Å². The van der Waals surface area contributed by atoms with Gasteiger partial charge in [0.05, 0.1) is 24.7 Å². The van der Waals surface area contributed by atoms with Crippen molar-refractivity contribution in [2.24, 2.45) is 5.73 Å². The van der Waals surface area contributed by atoms with E-state index in [1.165, 1.54) is 0 Å². The van der Waals surface area contributed by atoms with Crippen molar-refractivity contribution in [3.05, 3.63) is 52.9 Å². The Balaban J connectivity index is 2.08. The molecule has 24 heavy (non-hydrogen) atoms. The Kier molecular flexibility index (Phi) is 5.57. The highest BCUT2D eigenvalue weighted by Gasteiger charge is 2.21. The molecule has 0 aliphatic heterocycles. The second kappa shape index (κ2) is 7.63. The first-order valence-corrected chi connectivity index (χ1v) is 7.65. The molecule has 1 heterocycles. The average Bonchev–Trinajstić information content (AvgIpc) is 2.86. The minimum Gasteiger partial charge on any atom is -0.361 e. The number of nitrogens with zero attached hydrogens (tertiary/aromatic N) is 2. The zero-order chi connectivity index (χ0) is 17.7. The van der Waals surface area contributed by atoms with E-state index < -0.39 is 12.1 Å². The number of urea groups is 1. The van der Waals surface area contributed by atoms with Crippen LogP contribution in [-0.2, 0) is 11.3 Å². The normalized spacial score (nSPS) is 11.8. The molecule has 128 valence electrons. The molecule has 0 saturated carbocycles. The van der Waals surface area contributed by atoms with Gasteiger partial charge in [0.2, 0.25) is 5.91 Å². The molecular weight excluding hydrogens is 308 g/mol. The number of hydrogen-bond acceptors (Lipinski definition) is 4. The molecule has 0 radical (unpaired) electrons. The van der Waals surface area contributed by atoms with Crippen LogP contribution in [0.1, 0.15) is 35.0 Å². The van der Waals surface area contributed by atoms with Gasteiger partial charge in [-0.15, -0.1) is 0 Å². The molecule has 7 nitrogen and oxygen atoms in total. The summed E-state index contributed by atoms with van der Waals surface area (Å²) in [4.78, 5) is 25.4. The minimum absolute atomic E-state index is 0.113. The summed E-state index contributed by atoms with van der Waals surface area (Å²) in [5.74, 6) is 0.583. The Morgan fingerprint density at radius 2 is 1.96 bits per heavy atom. The second-order valence-corrected chi connectivity index (χ2v) is 5.73. The van der Waals surface area contributed by atoms with Crippen LogP contribution in [0.15, 0.2) is 34.9 Å². The van der Waals surface area contributed by atoms with Crippen LogP contribution < -0.4 is 11.1 Å². The molecule has 0 fully saturated rings. The fourth-order valence-electron chi connectivity index (χ4n) is 2.49. The Morgan fingerprint density at radius 1 is 1.29 bits per heavy atom. The van der Waals surface area contributed by atoms with Crippen LogP contribution in [0.3, 0.4) is 0 Å². The summed E-state index contributed by atoms with van der Waals surface area (Å²) < 4.78 is 5.12. The molecule has 0 unspecified atom stereocenters. The molecule has 1 aromatic carbocycles. The standard InChI is InChI=1S/C17H22N4O3/c1-11-14(12(2)24-20-11)10-21(3)16(22)9-15(19-17(18)23)13-7-5-4-6-8-13/h4-8,15H,9-10H2,1-3H3,(H3,18,19,23)/t15-/m0/s1. The number of aromatic nitrogens is 1. The van der Waals surface area contributed by atoms with Gasteiger partial charge in [-0.3, -0.25) is 4.79 Å². The summed E-state index contributed by atoms with van der Waals surface area (Å²) in [6.45, 7) is 4.05. The van der Waals surface area contributed by atoms with Gasteiger partial charge < -0.3 is 20.5 Å². The van der Waals surface area contributed by atoms with Crippen molar-refractivity contribution in [2.75, 3.05) is 7.05 Å². The molecule has 2 aromatic rings. The number of amides is 3. The molecular formula is C17H22N4O3. The lowest BCUT2D eigenvalue weighted by molar-refractivity contribution is -0.130. The largest absolute Gasteiger partial charge is 0.361 e. The molecule has 1 atom stereocenters. The molecule has 0 aliphatic rings. The number of carbonyl (C=O) groups excluding carboxylic acids is 2. The third kappa shape index (κ3) is 4.34. The molecule has 0 aliphatic carbocycles. The van der Waals surface area contributed by atoms with Crippen molar-refractivity contribution in [1.82, 2.24) is 15.4 Å². The predicted molar refractivity (Wildman–Crippen MR) is 89.0 cm³/mol. The van der Waals surface area contributed by atoms with Gasteiger partial charge in [0.25, 0.3) is 0 Å². The van der Waals surface area contributed by atoms with Crippen molar-refractivity contribution in [3.8, 4) is 0 Å². The predicted octanol–water partition coefficient (Wildman–Crippen LogP) is 2.05. The van der Waals surface area contributed by atoms with Crippen LogP contribution in [0.2, 0.25) is 0 Å². The number of nitrogens with two attached hydrogens (primary N) is 1. The average molecular weight is 330 g/mol. The highest BCUT2D eigenvalue weighted by Crippen LogP contribution is 2.19. The summed E-state index contributed by atoms with van der Waals surface area (Å²) in [6, 6.07) is 8.14. The third-order valence-corrected chi connectivity index (χ3v) is 3.90. The summed E-state index contributed by atoms with van der Waals surface area (Å²) in [6.07, 6.45) is 0.118. The number of nitrogens with one attached hydrogen (secondary N) is 1. The number of primary amides is 1. The minimum atomic E-state index is -0.662. The Labute approximate surface area is 140 Å². The number of hydrogen-bond donors (Lipinski definition) is 2. The lowest BCUT2D eigenvalue weighted by Gasteiger charge is -2.22. The number of aryl methyl sites for hydroxylation is 2. The highest BCUT2D eigenvalue weighted by atomic mass is 16.5. The van der Waals surface area contributed by atoms with Crippen molar-refractivity contribution in [2.45, 2.75) is 32.9 Å². The van der Waals surface area contributed by atoms with E-state index in [1.54, 1.807) is 11.9 Å². The molecule has 3 N–H and O–H groups in total.